The second-order valence-corrected chi connectivity index (χ2v) is 5.03. The molecule has 0 atom stereocenters. The van der Waals surface area contributed by atoms with Gasteiger partial charge in [0.2, 0.25) is 0 Å². The summed E-state index contributed by atoms with van der Waals surface area (Å²) in [6.45, 7) is 3.63. The van der Waals surface area contributed by atoms with Crippen LogP contribution in [0.1, 0.15) is 22.6 Å². The maximum Gasteiger partial charge on any atom is 0.416 e. The number of hydrogen-bond donors (Lipinski definition) is 0. The van der Waals surface area contributed by atoms with Crippen molar-refractivity contribution in [2.24, 2.45) is 0 Å². The topological polar surface area (TPSA) is 26.0 Å². The molecule has 6 heteroatoms. The van der Waals surface area contributed by atoms with E-state index in [0.29, 0.717) is 16.5 Å². The summed E-state index contributed by atoms with van der Waals surface area (Å²) in [5.41, 5.74) is 0.755. The van der Waals surface area contributed by atoms with Crippen LogP contribution in [0.4, 0.5) is 13.2 Å². The van der Waals surface area contributed by atoms with Gasteiger partial charge in [-0.2, -0.15) is 13.2 Å². The molecular formula is C13H12F3NOS. The summed E-state index contributed by atoms with van der Waals surface area (Å²) < 4.78 is 43.0. The minimum atomic E-state index is -4.31. The molecule has 0 N–H and O–H groups in total. The standard InChI is InChI=1S/C13H12F3NOS/c1-8-9(2)18-12(17-8)19-7-10-4-3-5-11(6-10)13(14,15)16/h3-6H,7H2,1-2H3. The molecular weight excluding hydrogens is 275 g/mol. The molecule has 0 aliphatic rings. The number of hydrogen-bond acceptors (Lipinski definition) is 3. The van der Waals surface area contributed by atoms with Gasteiger partial charge in [-0.1, -0.05) is 30.0 Å². The first kappa shape index (κ1) is 14.0. The average molecular weight is 287 g/mol. The number of thioether (sulfide) groups is 1. The van der Waals surface area contributed by atoms with Crippen LogP contribution in [0.3, 0.4) is 0 Å². The average Bonchev–Trinajstić information content (AvgIpc) is 2.66. The van der Waals surface area contributed by atoms with Gasteiger partial charge in [-0.25, -0.2) is 4.98 Å². The molecule has 0 aliphatic heterocycles. The predicted molar refractivity (Wildman–Crippen MR) is 67.0 cm³/mol. The highest BCUT2D eigenvalue weighted by Gasteiger charge is 2.30. The molecule has 0 amide bonds. The van der Waals surface area contributed by atoms with Gasteiger partial charge in [-0.3, -0.25) is 0 Å². The van der Waals surface area contributed by atoms with Crippen LogP contribution in [0.25, 0.3) is 0 Å². The number of benzene rings is 1. The van der Waals surface area contributed by atoms with Crippen molar-refractivity contribution < 1.29 is 17.6 Å². The zero-order chi connectivity index (χ0) is 14.0. The first-order chi connectivity index (χ1) is 8.86. The summed E-state index contributed by atoms with van der Waals surface area (Å²) in [7, 11) is 0. The van der Waals surface area contributed by atoms with Crippen molar-refractivity contribution >= 4 is 11.8 Å². The Morgan fingerprint density at radius 2 is 2.00 bits per heavy atom. The lowest BCUT2D eigenvalue weighted by Crippen LogP contribution is -2.04. The Labute approximate surface area is 113 Å². The molecule has 0 radical (unpaired) electrons. The van der Waals surface area contributed by atoms with E-state index in [4.69, 9.17) is 4.42 Å². The zero-order valence-electron chi connectivity index (χ0n) is 10.4. The number of nitrogens with zero attached hydrogens (tertiary/aromatic N) is 1. The molecule has 0 fully saturated rings. The Bertz CT molecular complexity index is 558. The molecule has 1 heterocycles. The summed E-state index contributed by atoms with van der Waals surface area (Å²) >= 11 is 1.28. The molecule has 2 rings (SSSR count). The van der Waals surface area contributed by atoms with Crippen molar-refractivity contribution in [2.45, 2.75) is 31.0 Å². The van der Waals surface area contributed by atoms with Crippen LogP contribution in [0, 0.1) is 13.8 Å². The summed E-state index contributed by atoms with van der Waals surface area (Å²) in [5, 5.41) is 0.479. The highest BCUT2D eigenvalue weighted by Crippen LogP contribution is 2.31. The monoisotopic (exact) mass is 287 g/mol. The van der Waals surface area contributed by atoms with Gasteiger partial charge >= 0.3 is 6.18 Å². The highest BCUT2D eigenvalue weighted by atomic mass is 32.2. The second kappa shape index (κ2) is 5.28. The number of aryl methyl sites for hydroxylation is 2. The lowest BCUT2D eigenvalue weighted by molar-refractivity contribution is -0.137. The SMILES string of the molecule is Cc1nc(SCc2cccc(C(F)(F)F)c2)oc1C. The Morgan fingerprint density at radius 3 is 2.58 bits per heavy atom. The molecule has 0 saturated heterocycles. The maximum atomic E-state index is 12.5. The lowest BCUT2D eigenvalue weighted by Gasteiger charge is -2.07. The van der Waals surface area contributed by atoms with E-state index in [1.54, 1.807) is 13.0 Å². The van der Waals surface area contributed by atoms with E-state index in [0.717, 1.165) is 23.6 Å². The van der Waals surface area contributed by atoms with Gasteiger partial charge in [-0.05, 0) is 25.5 Å². The van der Waals surface area contributed by atoms with Crippen LogP contribution in [-0.2, 0) is 11.9 Å². The Kier molecular flexibility index (Phi) is 3.89. The van der Waals surface area contributed by atoms with Crippen molar-refractivity contribution in [3.63, 3.8) is 0 Å². The van der Waals surface area contributed by atoms with Crippen molar-refractivity contribution in [1.82, 2.24) is 4.98 Å². The maximum absolute atomic E-state index is 12.5. The first-order valence-electron chi connectivity index (χ1n) is 5.59. The van der Waals surface area contributed by atoms with Crippen LogP contribution in [0.5, 0.6) is 0 Å². The summed E-state index contributed by atoms with van der Waals surface area (Å²) in [6.07, 6.45) is -4.31. The van der Waals surface area contributed by atoms with Crippen LogP contribution >= 0.6 is 11.8 Å². The van der Waals surface area contributed by atoms with E-state index in [2.05, 4.69) is 4.98 Å². The van der Waals surface area contributed by atoms with E-state index in [9.17, 15) is 13.2 Å². The summed E-state index contributed by atoms with van der Waals surface area (Å²) in [4.78, 5) is 4.17. The van der Waals surface area contributed by atoms with E-state index in [1.807, 2.05) is 6.92 Å². The molecule has 0 unspecified atom stereocenters. The Hall–Kier alpha value is -1.43. The van der Waals surface area contributed by atoms with Crippen LogP contribution in [-0.4, -0.2) is 4.98 Å². The number of rotatable bonds is 3. The fourth-order valence-corrected chi connectivity index (χ4v) is 2.34. The highest BCUT2D eigenvalue weighted by molar-refractivity contribution is 7.98. The van der Waals surface area contributed by atoms with Gasteiger partial charge in [0, 0.05) is 5.75 Å². The minimum Gasteiger partial charge on any atom is -0.437 e. The fourth-order valence-electron chi connectivity index (χ4n) is 1.49. The van der Waals surface area contributed by atoms with Crippen molar-refractivity contribution in [1.29, 1.82) is 0 Å². The third-order valence-corrected chi connectivity index (χ3v) is 3.52. The van der Waals surface area contributed by atoms with Gasteiger partial charge < -0.3 is 4.42 Å². The molecule has 2 nitrogen and oxygen atoms in total. The Balaban J connectivity index is 2.07. The first-order valence-corrected chi connectivity index (χ1v) is 6.58. The molecule has 1 aromatic carbocycles. The van der Waals surface area contributed by atoms with Crippen LogP contribution in [0.15, 0.2) is 33.9 Å². The number of halogens is 3. The Morgan fingerprint density at radius 1 is 1.26 bits per heavy atom. The minimum absolute atomic E-state index is 0.392. The fraction of sp³-hybridized carbons (Fsp3) is 0.308. The van der Waals surface area contributed by atoms with Crippen LogP contribution in [0.2, 0.25) is 0 Å². The van der Waals surface area contributed by atoms with Gasteiger partial charge in [0.05, 0.1) is 11.3 Å². The smallest absolute Gasteiger partial charge is 0.416 e. The normalized spacial score (nSPS) is 11.8. The van der Waals surface area contributed by atoms with E-state index < -0.39 is 11.7 Å². The molecule has 19 heavy (non-hydrogen) atoms. The molecule has 0 bridgehead atoms. The van der Waals surface area contributed by atoms with E-state index in [-0.39, 0.29) is 0 Å². The molecule has 102 valence electrons. The molecule has 2 aromatic rings. The van der Waals surface area contributed by atoms with Gasteiger partial charge in [0.25, 0.3) is 5.22 Å². The molecule has 0 spiro atoms. The van der Waals surface area contributed by atoms with Gasteiger partial charge in [0.15, 0.2) is 0 Å². The molecule has 0 saturated carbocycles. The largest absolute Gasteiger partial charge is 0.437 e. The van der Waals surface area contributed by atoms with E-state index >= 15 is 0 Å². The summed E-state index contributed by atoms with van der Waals surface area (Å²) in [6, 6.07) is 5.28. The van der Waals surface area contributed by atoms with Crippen molar-refractivity contribution in [3.05, 3.63) is 46.8 Å². The lowest BCUT2D eigenvalue weighted by atomic mass is 10.1. The predicted octanol–water partition coefficient (Wildman–Crippen LogP) is 4.60. The molecule has 1 aromatic heterocycles. The second-order valence-electron chi connectivity index (χ2n) is 4.11. The number of oxazole rings is 1. The third-order valence-electron chi connectivity index (χ3n) is 2.63. The van der Waals surface area contributed by atoms with Crippen molar-refractivity contribution in [2.75, 3.05) is 0 Å². The number of aromatic nitrogens is 1. The van der Waals surface area contributed by atoms with Crippen molar-refractivity contribution in [3.8, 4) is 0 Å². The van der Waals surface area contributed by atoms with Crippen LogP contribution < -0.4 is 0 Å². The number of alkyl halides is 3. The molecule has 0 aliphatic carbocycles. The van der Waals surface area contributed by atoms with Gasteiger partial charge in [0.1, 0.15) is 5.76 Å². The zero-order valence-corrected chi connectivity index (χ0v) is 11.2. The quantitative estimate of drug-likeness (QED) is 0.771. The third kappa shape index (κ3) is 3.53. The van der Waals surface area contributed by atoms with E-state index in [1.165, 1.54) is 17.8 Å². The summed E-state index contributed by atoms with van der Waals surface area (Å²) in [5.74, 6) is 1.12. The van der Waals surface area contributed by atoms with Gasteiger partial charge in [-0.15, -0.1) is 0 Å².